The van der Waals surface area contributed by atoms with E-state index in [-0.39, 0.29) is 50.0 Å². The molecule has 6 rings (SSSR count). The molecule has 1 aliphatic rings. The van der Waals surface area contributed by atoms with Crippen molar-refractivity contribution in [2.75, 3.05) is 42.9 Å². The van der Waals surface area contributed by atoms with E-state index in [9.17, 15) is 27.9 Å². The minimum atomic E-state index is -4.06. The number of imidazole rings is 1. The van der Waals surface area contributed by atoms with Gasteiger partial charge in [0, 0.05) is 61.5 Å². The van der Waals surface area contributed by atoms with Crippen LogP contribution in [-0.2, 0) is 29.1 Å². The van der Waals surface area contributed by atoms with Crippen molar-refractivity contribution in [1.82, 2.24) is 24.6 Å². The summed E-state index contributed by atoms with van der Waals surface area (Å²) in [7, 11) is -4.06. The Morgan fingerprint density at radius 2 is 1.70 bits per heavy atom. The number of benzene rings is 3. The Morgan fingerprint density at radius 3 is 2.48 bits per heavy atom. The fourth-order valence-electron chi connectivity index (χ4n) is 5.14. The summed E-state index contributed by atoms with van der Waals surface area (Å²) >= 11 is 0. The van der Waals surface area contributed by atoms with Crippen molar-refractivity contribution in [3.05, 3.63) is 97.5 Å². The van der Waals surface area contributed by atoms with Crippen molar-refractivity contribution in [2.45, 2.75) is 17.5 Å². The molecule has 16 heteroatoms. The molecule has 3 amide bonds. The van der Waals surface area contributed by atoms with Crippen molar-refractivity contribution in [3.63, 3.8) is 0 Å². The molecule has 5 aromatic rings. The Hall–Kier alpha value is -5.68. The molecule has 15 nitrogen and oxygen atoms in total. The van der Waals surface area contributed by atoms with E-state index in [0.717, 1.165) is 21.2 Å². The molecular weight excluding hydrogens is 666 g/mol. The highest BCUT2D eigenvalue weighted by atomic mass is 32.2. The molecule has 1 atom stereocenters. The highest BCUT2D eigenvalue weighted by molar-refractivity contribution is 7.92. The zero-order valence-electron chi connectivity index (χ0n) is 26.6. The van der Waals surface area contributed by atoms with Gasteiger partial charge in [-0.25, -0.2) is 23.2 Å². The summed E-state index contributed by atoms with van der Waals surface area (Å²) in [5, 5.41) is 17.5. The summed E-state index contributed by atoms with van der Waals surface area (Å²) in [6.07, 6.45) is 5.82. The lowest BCUT2D eigenvalue weighted by Crippen LogP contribution is -2.38. The van der Waals surface area contributed by atoms with Gasteiger partial charge in [-0.15, -0.1) is 0 Å². The smallest absolute Gasteiger partial charge is 0.411 e. The summed E-state index contributed by atoms with van der Waals surface area (Å²) in [6.45, 7) is 0.638. The van der Waals surface area contributed by atoms with E-state index in [1.807, 2.05) is 42.5 Å². The van der Waals surface area contributed by atoms with Crippen LogP contribution in [0.5, 0.6) is 0 Å². The van der Waals surface area contributed by atoms with Crippen LogP contribution in [0.2, 0.25) is 0 Å². The lowest BCUT2D eigenvalue weighted by Gasteiger charge is -2.17. The lowest BCUT2D eigenvalue weighted by molar-refractivity contribution is -0.137. The molecule has 3 heterocycles. The number of nitrogens with zero attached hydrogens (tertiary/aromatic N) is 4. The molecule has 0 radical (unpaired) electrons. The van der Waals surface area contributed by atoms with Crippen LogP contribution in [0, 0.1) is 0 Å². The molecule has 1 aliphatic heterocycles. The number of ether oxygens (including phenoxy) is 2. The van der Waals surface area contributed by atoms with Crippen LogP contribution >= 0.6 is 0 Å². The zero-order chi connectivity index (χ0) is 35.1. The molecule has 3 aromatic carbocycles. The van der Waals surface area contributed by atoms with Crippen LogP contribution < -0.4 is 15.4 Å². The summed E-state index contributed by atoms with van der Waals surface area (Å²) in [5.41, 5.74) is 2.19. The third-order valence-corrected chi connectivity index (χ3v) is 9.03. The predicted octanol–water partition coefficient (Wildman–Crippen LogP) is 3.14. The monoisotopic (exact) mass is 699 g/mol. The van der Waals surface area contributed by atoms with Gasteiger partial charge in [0.25, 0.3) is 21.8 Å². The van der Waals surface area contributed by atoms with E-state index < -0.39 is 34.2 Å². The average Bonchev–Trinajstić information content (AvgIpc) is 3.69. The van der Waals surface area contributed by atoms with E-state index >= 15 is 0 Å². The molecule has 0 spiro atoms. The first-order chi connectivity index (χ1) is 24.2. The molecular formula is C34H33N7O8S. The Kier molecular flexibility index (Phi) is 10.4. The number of amides is 3. The number of fused-ring (bicyclic) bond motifs is 2. The van der Waals surface area contributed by atoms with Gasteiger partial charge in [0.05, 0.1) is 23.8 Å². The second-order valence-electron chi connectivity index (χ2n) is 11.1. The second-order valence-corrected chi connectivity index (χ2v) is 12.8. The third-order valence-electron chi connectivity index (χ3n) is 7.68. The van der Waals surface area contributed by atoms with Gasteiger partial charge in [-0.1, -0.05) is 36.4 Å². The van der Waals surface area contributed by atoms with E-state index in [0.29, 0.717) is 17.0 Å². The summed E-state index contributed by atoms with van der Waals surface area (Å²) < 4.78 is 41.2. The molecule has 0 saturated heterocycles. The number of hydrogen-bond acceptors (Lipinski definition) is 11. The second kappa shape index (κ2) is 15.3. The number of aliphatic hydroxyl groups is 1. The predicted molar refractivity (Wildman–Crippen MR) is 183 cm³/mol. The van der Waals surface area contributed by atoms with Crippen LogP contribution in [0.3, 0.4) is 0 Å². The first-order valence-electron chi connectivity index (χ1n) is 15.6. The van der Waals surface area contributed by atoms with Crippen LogP contribution in [0.1, 0.15) is 6.42 Å². The van der Waals surface area contributed by atoms with Gasteiger partial charge in [-0.3, -0.25) is 29.8 Å². The number of aliphatic hydroxyl groups excluding tert-OH is 1. The van der Waals surface area contributed by atoms with Crippen molar-refractivity contribution < 1.29 is 37.4 Å². The van der Waals surface area contributed by atoms with Gasteiger partial charge < -0.3 is 19.0 Å². The van der Waals surface area contributed by atoms with Crippen molar-refractivity contribution in [1.29, 1.82) is 0 Å². The highest BCUT2D eigenvalue weighted by Gasteiger charge is 2.23. The molecule has 50 heavy (non-hydrogen) atoms. The van der Waals surface area contributed by atoms with Crippen LogP contribution in [-0.4, -0.2) is 89.8 Å². The summed E-state index contributed by atoms with van der Waals surface area (Å²) in [4.78, 5) is 45.1. The quantitative estimate of drug-likeness (QED) is 0.0713. The fraction of sp³-hybridized carbons (Fsp3) is 0.206. The normalized spacial score (nSPS) is 13.7. The van der Waals surface area contributed by atoms with Crippen molar-refractivity contribution >= 4 is 55.9 Å². The Morgan fingerprint density at radius 1 is 0.940 bits per heavy atom. The minimum Gasteiger partial charge on any atom is -0.447 e. The van der Waals surface area contributed by atoms with E-state index in [2.05, 4.69) is 25.3 Å². The van der Waals surface area contributed by atoms with Crippen LogP contribution in [0.15, 0.2) is 102 Å². The van der Waals surface area contributed by atoms with Crippen LogP contribution in [0.25, 0.3) is 27.7 Å². The number of carbonyl (C=O) groups excluding carboxylic acids is 3. The molecule has 258 valence electrons. The van der Waals surface area contributed by atoms with Crippen molar-refractivity contribution in [3.8, 4) is 11.3 Å². The minimum absolute atomic E-state index is 0.0498. The number of carbonyl (C=O) groups is 3. The fourth-order valence-corrected chi connectivity index (χ4v) is 6.15. The maximum absolute atomic E-state index is 13.2. The topological polar surface area (TPSA) is 194 Å². The molecule has 0 saturated carbocycles. The van der Waals surface area contributed by atoms with Crippen molar-refractivity contribution in [2.24, 2.45) is 0 Å². The van der Waals surface area contributed by atoms with E-state index in [1.165, 1.54) is 42.6 Å². The number of rotatable bonds is 15. The molecule has 4 N–H and O–H groups in total. The molecule has 2 aromatic heterocycles. The Labute approximate surface area is 286 Å². The molecule has 0 bridgehead atoms. The van der Waals surface area contributed by atoms with Gasteiger partial charge in [-0.2, -0.15) is 0 Å². The number of aromatic nitrogens is 3. The lowest BCUT2D eigenvalue weighted by atomic mass is 10.1. The summed E-state index contributed by atoms with van der Waals surface area (Å²) in [5.74, 6) is -0.750. The highest BCUT2D eigenvalue weighted by Crippen LogP contribution is 2.27. The molecule has 0 fully saturated rings. The van der Waals surface area contributed by atoms with E-state index in [4.69, 9.17) is 9.47 Å². The third kappa shape index (κ3) is 8.30. The first-order valence-corrected chi connectivity index (χ1v) is 17.1. The zero-order valence-corrected chi connectivity index (χ0v) is 27.4. The van der Waals surface area contributed by atoms with Gasteiger partial charge in [0.15, 0.2) is 11.5 Å². The number of nitrogens with one attached hydrogen (secondary N) is 3. The summed E-state index contributed by atoms with van der Waals surface area (Å²) in [6, 6.07) is 19.5. The first kappa shape index (κ1) is 34.2. The Balaban J connectivity index is 0.939. The molecule has 1 unspecified atom stereocenters. The Bertz CT molecular complexity index is 2150. The largest absolute Gasteiger partial charge is 0.447 e. The SMILES string of the molecule is O=C(Nc1ccc(S(=O)(=O)Nc2nccn3cc(-c4ccc5ccccc5c4)nc23)cc1)OCCOCCNC(O)CCN1C(=O)C=CC1=O. The van der Waals surface area contributed by atoms with Gasteiger partial charge >= 0.3 is 6.09 Å². The van der Waals surface area contributed by atoms with Gasteiger partial charge in [-0.05, 0) is 41.1 Å². The molecule has 0 aliphatic carbocycles. The average molecular weight is 700 g/mol. The number of hydrogen-bond donors (Lipinski definition) is 4. The van der Waals surface area contributed by atoms with Gasteiger partial charge in [0.1, 0.15) is 12.8 Å². The van der Waals surface area contributed by atoms with Gasteiger partial charge in [0.2, 0.25) is 0 Å². The number of anilines is 2. The maximum atomic E-state index is 13.2. The maximum Gasteiger partial charge on any atom is 0.411 e. The number of sulfonamides is 1. The number of imide groups is 1. The van der Waals surface area contributed by atoms with E-state index in [1.54, 1.807) is 16.8 Å². The van der Waals surface area contributed by atoms with Crippen LogP contribution in [0.4, 0.5) is 16.3 Å². The standard InChI is InChI=1S/C34H33N7O8S/c42-29(13-16-41-30(43)11-12-31(41)44)35-15-18-48-19-20-49-34(45)37-26-7-9-27(10-8-26)50(46,47)39-32-33-38-28(22-40(33)17-14-36-32)25-6-5-23-3-1-2-4-24(23)21-25/h1-12,14,17,21-22,29,35,42H,13,15-16,18-20H2,(H,36,39)(H,37,45).